The largest absolute Gasteiger partial charge is 0.415 e. The summed E-state index contributed by atoms with van der Waals surface area (Å²) in [5.74, 6) is 1.60. The molecule has 1 aromatic carbocycles. The first-order valence-electron chi connectivity index (χ1n) is 6.45. The van der Waals surface area contributed by atoms with Crippen molar-refractivity contribution in [3.63, 3.8) is 0 Å². The molecule has 6 nitrogen and oxygen atoms in total. The Morgan fingerprint density at radius 1 is 1.43 bits per heavy atom. The zero-order valence-corrected chi connectivity index (χ0v) is 12.8. The minimum Gasteiger partial charge on any atom is -0.415 e. The van der Waals surface area contributed by atoms with Crippen molar-refractivity contribution in [2.75, 3.05) is 23.0 Å². The molecule has 1 aliphatic heterocycles. The topological polar surface area (TPSA) is 85.2 Å². The number of anilines is 1. The number of thioether (sulfide) groups is 2. The first kappa shape index (κ1) is 14.4. The number of nitrogens with zero attached hydrogens (tertiary/aromatic N) is 3. The molecule has 2 N–H and O–H groups in total. The van der Waals surface area contributed by atoms with E-state index >= 15 is 0 Å². The summed E-state index contributed by atoms with van der Waals surface area (Å²) in [4.78, 5) is 15.4. The van der Waals surface area contributed by atoms with E-state index in [1.54, 1.807) is 11.8 Å². The Morgan fingerprint density at radius 3 is 3.10 bits per heavy atom. The van der Waals surface area contributed by atoms with Gasteiger partial charge in [0.05, 0.1) is 18.0 Å². The number of hydrogen-bond acceptors (Lipinski definition) is 7. The summed E-state index contributed by atoms with van der Waals surface area (Å²) < 4.78 is 5.28. The zero-order chi connectivity index (χ0) is 14.7. The molecule has 21 heavy (non-hydrogen) atoms. The van der Waals surface area contributed by atoms with Crippen molar-refractivity contribution in [2.24, 2.45) is 5.73 Å². The van der Waals surface area contributed by atoms with E-state index in [9.17, 15) is 4.79 Å². The average Bonchev–Trinajstić information content (AvgIpc) is 3.00. The van der Waals surface area contributed by atoms with Crippen LogP contribution in [0.15, 0.2) is 38.8 Å². The Balaban J connectivity index is 1.66. The fourth-order valence-electron chi connectivity index (χ4n) is 2.01. The van der Waals surface area contributed by atoms with E-state index in [-0.39, 0.29) is 18.2 Å². The van der Waals surface area contributed by atoms with Gasteiger partial charge < -0.3 is 15.1 Å². The lowest BCUT2D eigenvalue weighted by Crippen LogP contribution is -2.36. The number of carbonyl (C=O) groups excluding carboxylic acids is 1. The number of benzene rings is 1. The summed E-state index contributed by atoms with van der Waals surface area (Å²) in [6, 6.07) is 7.95. The molecule has 8 heteroatoms. The fourth-order valence-corrected chi connectivity index (χ4v) is 3.66. The van der Waals surface area contributed by atoms with Gasteiger partial charge >= 0.3 is 0 Å². The minimum absolute atomic E-state index is 0.0419. The van der Waals surface area contributed by atoms with Crippen LogP contribution < -0.4 is 10.6 Å². The van der Waals surface area contributed by atoms with E-state index < -0.39 is 0 Å². The number of rotatable bonds is 4. The first-order valence-corrected chi connectivity index (χ1v) is 8.42. The molecule has 0 saturated carbocycles. The maximum Gasteiger partial charge on any atom is 0.277 e. The third-order valence-electron chi connectivity index (χ3n) is 2.97. The van der Waals surface area contributed by atoms with Gasteiger partial charge in [-0.05, 0) is 12.1 Å². The summed E-state index contributed by atoms with van der Waals surface area (Å²) >= 11 is 3.01. The SMILES string of the molecule is NCc1nnc(SCC(=O)N2CCSc3ccccc32)o1. The van der Waals surface area contributed by atoms with E-state index in [0.717, 1.165) is 22.9 Å². The third kappa shape index (κ3) is 3.22. The number of para-hydroxylation sites is 1. The monoisotopic (exact) mass is 322 g/mol. The van der Waals surface area contributed by atoms with Crippen molar-refractivity contribution in [2.45, 2.75) is 16.7 Å². The summed E-state index contributed by atoms with van der Waals surface area (Å²) in [6.07, 6.45) is 0. The summed E-state index contributed by atoms with van der Waals surface area (Å²) in [7, 11) is 0. The van der Waals surface area contributed by atoms with Crippen molar-refractivity contribution >= 4 is 35.1 Å². The van der Waals surface area contributed by atoms with Crippen molar-refractivity contribution < 1.29 is 9.21 Å². The highest BCUT2D eigenvalue weighted by Gasteiger charge is 2.23. The minimum atomic E-state index is 0.0419. The molecule has 0 radical (unpaired) electrons. The maximum atomic E-state index is 12.4. The standard InChI is InChI=1S/C13H14N4O2S2/c14-7-11-15-16-13(19-11)21-8-12(18)17-5-6-20-10-4-2-1-3-9(10)17/h1-4H,5-8,14H2. The molecule has 3 rings (SSSR count). The van der Waals surface area contributed by atoms with Crippen molar-refractivity contribution in [3.8, 4) is 0 Å². The average molecular weight is 322 g/mol. The van der Waals surface area contributed by atoms with Gasteiger partial charge in [0, 0.05) is 17.2 Å². The van der Waals surface area contributed by atoms with Crippen LogP contribution in [0.5, 0.6) is 0 Å². The Morgan fingerprint density at radius 2 is 2.29 bits per heavy atom. The Labute approximate surface area is 130 Å². The quantitative estimate of drug-likeness (QED) is 0.858. The van der Waals surface area contributed by atoms with Crippen LogP contribution in [0, 0.1) is 0 Å². The third-order valence-corrected chi connectivity index (χ3v) is 4.82. The summed E-state index contributed by atoms with van der Waals surface area (Å²) in [6.45, 7) is 0.928. The summed E-state index contributed by atoms with van der Waals surface area (Å²) in [5.41, 5.74) is 6.39. The van der Waals surface area contributed by atoms with Crippen LogP contribution in [-0.4, -0.2) is 34.2 Å². The van der Waals surface area contributed by atoms with Gasteiger partial charge in [0.1, 0.15) is 0 Å². The Hall–Kier alpha value is -1.51. The Bertz CT molecular complexity index is 647. The van der Waals surface area contributed by atoms with Crippen molar-refractivity contribution in [3.05, 3.63) is 30.2 Å². The number of amides is 1. The molecule has 0 fully saturated rings. The van der Waals surface area contributed by atoms with Gasteiger partial charge in [-0.3, -0.25) is 4.79 Å². The highest BCUT2D eigenvalue weighted by atomic mass is 32.2. The highest BCUT2D eigenvalue weighted by Crippen LogP contribution is 2.34. The van der Waals surface area contributed by atoms with Gasteiger partial charge in [-0.15, -0.1) is 22.0 Å². The number of aromatic nitrogens is 2. The van der Waals surface area contributed by atoms with Gasteiger partial charge in [0.15, 0.2) is 0 Å². The fraction of sp³-hybridized carbons (Fsp3) is 0.308. The number of hydrogen-bond donors (Lipinski definition) is 1. The molecular formula is C13H14N4O2S2. The zero-order valence-electron chi connectivity index (χ0n) is 11.2. The molecule has 2 heterocycles. The number of carbonyl (C=O) groups is 1. The van der Waals surface area contributed by atoms with Crippen molar-refractivity contribution in [1.29, 1.82) is 0 Å². The van der Waals surface area contributed by atoms with E-state index in [4.69, 9.17) is 10.2 Å². The van der Waals surface area contributed by atoms with E-state index in [2.05, 4.69) is 10.2 Å². The van der Waals surface area contributed by atoms with Gasteiger partial charge in [-0.2, -0.15) is 0 Å². The van der Waals surface area contributed by atoms with Crippen LogP contribution in [0.4, 0.5) is 5.69 Å². The van der Waals surface area contributed by atoms with Crippen LogP contribution in [0.2, 0.25) is 0 Å². The molecule has 0 spiro atoms. The second kappa shape index (κ2) is 6.50. The highest BCUT2D eigenvalue weighted by molar-refractivity contribution is 8.00. The smallest absolute Gasteiger partial charge is 0.277 e. The van der Waals surface area contributed by atoms with E-state index in [0.29, 0.717) is 11.1 Å². The number of nitrogens with two attached hydrogens (primary N) is 1. The second-order valence-corrected chi connectivity index (χ2v) is 6.38. The van der Waals surface area contributed by atoms with Crippen LogP contribution in [0.3, 0.4) is 0 Å². The second-order valence-electron chi connectivity index (χ2n) is 4.32. The molecular weight excluding hydrogens is 308 g/mol. The summed E-state index contributed by atoms with van der Waals surface area (Å²) in [5, 5.41) is 7.99. The number of fused-ring (bicyclic) bond motifs is 1. The predicted molar refractivity (Wildman–Crippen MR) is 82.4 cm³/mol. The maximum absolute atomic E-state index is 12.4. The molecule has 2 aromatic rings. The van der Waals surface area contributed by atoms with E-state index in [1.165, 1.54) is 11.8 Å². The molecule has 1 aromatic heterocycles. The lowest BCUT2D eigenvalue weighted by Gasteiger charge is -2.28. The molecule has 0 saturated heterocycles. The predicted octanol–water partition coefficient (Wildman–Crippen LogP) is 1.76. The van der Waals surface area contributed by atoms with Crippen molar-refractivity contribution in [1.82, 2.24) is 10.2 Å². The molecule has 0 atom stereocenters. The van der Waals surface area contributed by atoms with Crippen LogP contribution >= 0.6 is 23.5 Å². The molecule has 0 aliphatic carbocycles. The lowest BCUT2D eigenvalue weighted by atomic mass is 10.3. The molecule has 1 amide bonds. The van der Waals surface area contributed by atoms with E-state index in [1.807, 2.05) is 29.2 Å². The molecule has 0 bridgehead atoms. The van der Waals surface area contributed by atoms with Crippen LogP contribution in [0.1, 0.15) is 5.89 Å². The Kier molecular flexibility index (Phi) is 4.47. The van der Waals surface area contributed by atoms with Crippen LogP contribution in [-0.2, 0) is 11.3 Å². The first-order chi connectivity index (χ1) is 10.3. The van der Waals surface area contributed by atoms with Gasteiger partial charge in [-0.1, -0.05) is 23.9 Å². The van der Waals surface area contributed by atoms with Gasteiger partial charge in [0.25, 0.3) is 5.22 Å². The molecule has 0 unspecified atom stereocenters. The normalized spacial score (nSPS) is 14.0. The molecule has 1 aliphatic rings. The van der Waals surface area contributed by atoms with Gasteiger partial charge in [-0.25, -0.2) is 0 Å². The van der Waals surface area contributed by atoms with Gasteiger partial charge in [0.2, 0.25) is 11.8 Å². The van der Waals surface area contributed by atoms with Crippen LogP contribution in [0.25, 0.3) is 0 Å². The lowest BCUT2D eigenvalue weighted by molar-refractivity contribution is -0.116. The molecule has 110 valence electrons.